The molecule has 0 aliphatic carbocycles. The number of hydrogen-bond donors (Lipinski definition) is 3. The van der Waals surface area contributed by atoms with Gasteiger partial charge >= 0.3 is 0 Å². The van der Waals surface area contributed by atoms with Crippen LogP contribution in [0.4, 0.5) is 4.39 Å². The number of ketones is 1. The maximum atomic E-state index is 13.2. The average molecular weight is 264 g/mol. The molecule has 6 heteroatoms. The third-order valence-electron chi connectivity index (χ3n) is 1.64. The molecule has 0 radical (unpaired) electrons. The summed E-state index contributed by atoms with van der Waals surface area (Å²) in [7, 11) is 0. The van der Waals surface area contributed by atoms with Crippen LogP contribution in [0.1, 0.15) is 10.4 Å². The molecule has 0 saturated carbocycles. The normalized spacial score (nSPS) is 10.2. The molecular weight excluding hydrogens is 257 g/mol. The van der Waals surface area contributed by atoms with Gasteiger partial charge in [0.1, 0.15) is 0 Å². The van der Waals surface area contributed by atoms with E-state index in [1.54, 1.807) is 0 Å². The van der Waals surface area contributed by atoms with Crippen LogP contribution in [0.15, 0.2) is 10.5 Å². The first kappa shape index (κ1) is 10.9. The van der Waals surface area contributed by atoms with Crippen molar-refractivity contribution >= 4 is 21.7 Å². The van der Waals surface area contributed by atoms with Crippen LogP contribution in [-0.2, 0) is 0 Å². The van der Waals surface area contributed by atoms with E-state index in [2.05, 4.69) is 15.9 Å². The fraction of sp³-hybridized carbons (Fsp3) is 0.125. The van der Waals surface area contributed by atoms with Crippen LogP contribution in [-0.4, -0.2) is 22.5 Å². The fourth-order valence-electron chi connectivity index (χ4n) is 0.954. The molecule has 1 rings (SSSR count). The van der Waals surface area contributed by atoms with Gasteiger partial charge in [0.25, 0.3) is 0 Å². The Morgan fingerprint density at radius 3 is 2.64 bits per heavy atom. The number of hydrogen-bond acceptors (Lipinski definition) is 4. The van der Waals surface area contributed by atoms with Crippen LogP contribution in [0.25, 0.3) is 0 Å². The topological polar surface area (TPSA) is 83.6 Å². The van der Waals surface area contributed by atoms with E-state index in [1.165, 1.54) is 0 Å². The van der Waals surface area contributed by atoms with Crippen molar-refractivity contribution in [3.63, 3.8) is 0 Å². The lowest BCUT2D eigenvalue weighted by atomic mass is 10.1. The Morgan fingerprint density at radius 1 is 1.57 bits per heavy atom. The molecule has 4 N–H and O–H groups in total. The monoisotopic (exact) mass is 263 g/mol. The highest BCUT2D eigenvalue weighted by Crippen LogP contribution is 2.35. The summed E-state index contributed by atoms with van der Waals surface area (Å²) in [6.45, 7) is -0.375. The molecule has 76 valence electrons. The van der Waals surface area contributed by atoms with E-state index >= 15 is 0 Å². The third-order valence-corrected chi connectivity index (χ3v) is 2.26. The molecular formula is C8H7BrFNO3. The highest BCUT2D eigenvalue weighted by atomic mass is 79.9. The van der Waals surface area contributed by atoms with Gasteiger partial charge in [-0.3, -0.25) is 4.79 Å². The third kappa shape index (κ3) is 1.71. The van der Waals surface area contributed by atoms with Gasteiger partial charge in [-0.2, -0.15) is 0 Å². The van der Waals surface area contributed by atoms with Crippen molar-refractivity contribution in [1.29, 1.82) is 0 Å². The minimum absolute atomic E-state index is 0.0563. The largest absolute Gasteiger partial charge is 0.504 e. The number of rotatable bonds is 2. The van der Waals surface area contributed by atoms with Gasteiger partial charge in [0.15, 0.2) is 23.1 Å². The quantitative estimate of drug-likeness (QED) is 0.552. The molecule has 4 nitrogen and oxygen atoms in total. The molecule has 14 heavy (non-hydrogen) atoms. The molecule has 0 aromatic heterocycles. The predicted octanol–water partition coefficient (Wildman–Crippen LogP) is 1.14. The zero-order valence-electron chi connectivity index (χ0n) is 6.92. The van der Waals surface area contributed by atoms with Crippen LogP contribution in [0.5, 0.6) is 11.5 Å². The Morgan fingerprint density at radius 2 is 2.14 bits per heavy atom. The van der Waals surface area contributed by atoms with E-state index in [9.17, 15) is 9.18 Å². The zero-order valence-corrected chi connectivity index (χ0v) is 8.51. The maximum absolute atomic E-state index is 13.2. The number of phenols is 2. The number of aromatic hydroxyl groups is 2. The molecule has 0 aliphatic rings. The molecule has 0 fully saturated rings. The molecule has 0 saturated heterocycles. The van der Waals surface area contributed by atoms with Gasteiger partial charge in [-0.15, -0.1) is 0 Å². The standard InChI is InChI=1S/C8H7BrFNO3/c9-3-1-4(12)8(14)7(10)6(3)5(13)2-11/h1,12,14H,2,11H2. The van der Waals surface area contributed by atoms with E-state index in [0.29, 0.717) is 0 Å². The molecule has 0 bridgehead atoms. The van der Waals surface area contributed by atoms with Crippen molar-refractivity contribution in [2.75, 3.05) is 6.54 Å². The minimum Gasteiger partial charge on any atom is -0.504 e. The van der Waals surface area contributed by atoms with Crippen LogP contribution in [0.2, 0.25) is 0 Å². The summed E-state index contributed by atoms with van der Waals surface area (Å²) in [5, 5.41) is 18.0. The Hall–Kier alpha value is -1.14. The smallest absolute Gasteiger partial charge is 0.194 e. The van der Waals surface area contributed by atoms with Gasteiger partial charge < -0.3 is 15.9 Å². The van der Waals surface area contributed by atoms with E-state index in [4.69, 9.17) is 15.9 Å². The van der Waals surface area contributed by atoms with Gasteiger partial charge in [0.2, 0.25) is 0 Å². The highest BCUT2D eigenvalue weighted by molar-refractivity contribution is 9.10. The summed E-state index contributed by atoms with van der Waals surface area (Å²) < 4.78 is 13.3. The summed E-state index contributed by atoms with van der Waals surface area (Å²) in [4.78, 5) is 11.1. The van der Waals surface area contributed by atoms with Crippen molar-refractivity contribution in [2.24, 2.45) is 5.73 Å². The van der Waals surface area contributed by atoms with Crippen molar-refractivity contribution in [3.8, 4) is 11.5 Å². The first-order valence-corrected chi connectivity index (χ1v) is 4.41. The number of Topliss-reactive ketones (excluding diaryl/α,β-unsaturated/α-hetero) is 1. The maximum Gasteiger partial charge on any atom is 0.194 e. The van der Waals surface area contributed by atoms with Crippen LogP contribution in [0.3, 0.4) is 0 Å². The summed E-state index contributed by atoms with van der Waals surface area (Å²) in [6.07, 6.45) is 0. The molecule has 0 spiro atoms. The van der Waals surface area contributed by atoms with E-state index in [1.807, 2.05) is 0 Å². The van der Waals surface area contributed by atoms with Crippen molar-refractivity contribution in [2.45, 2.75) is 0 Å². The van der Waals surface area contributed by atoms with Crippen LogP contribution in [0, 0.1) is 5.82 Å². The zero-order chi connectivity index (χ0) is 10.9. The minimum atomic E-state index is -1.17. The molecule has 0 amide bonds. The Balaban J connectivity index is 3.44. The Kier molecular flexibility index (Phi) is 3.07. The van der Waals surface area contributed by atoms with E-state index in [0.717, 1.165) is 6.07 Å². The summed E-state index contributed by atoms with van der Waals surface area (Å²) in [5.74, 6) is -3.43. The Labute approximate surface area is 87.3 Å². The second-order valence-electron chi connectivity index (χ2n) is 2.54. The number of phenolic OH excluding ortho intramolecular Hbond substituents is 2. The first-order valence-electron chi connectivity index (χ1n) is 3.62. The number of carbonyl (C=O) groups is 1. The molecule has 0 unspecified atom stereocenters. The fourth-order valence-corrected chi connectivity index (χ4v) is 1.57. The van der Waals surface area contributed by atoms with Gasteiger partial charge in [0, 0.05) is 4.47 Å². The summed E-state index contributed by atoms with van der Waals surface area (Å²) in [6, 6.07) is 1.03. The second-order valence-corrected chi connectivity index (χ2v) is 3.40. The molecule has 1 aromatic rings. The molecule has 0 heterocycles. The van der Waals surface area contributed by atoms with Crippen molar-refractivity contribution in [1.82, 2.24) is 0 Å². The predicted molar refractivity (Wildman–Crippen MR) is 50.8 cm³/mol. The average Bonchev–Trinajstić information content (AvgIpc) is 2.14. The summed E-state index contributed by atoms with van der Waals surface area (Å²) >= 11 is 2.89. The lowest BCUT2D eigenvalue weighted by Gasteiger charge is -2.06. The van der Waals surface area contributed by atoms with Crippen LogP contribution >= 0.6 is 15.9 Å². The van der Waals surface area contributed by atoms with Crippen molar-refractivity contribution in [3.05, 3.63) is 21.9 Å². The lowest BCUT2D eigenvalue weighted by molar-refractivity contribution is 0.0996. The van der Waals surface area contributed by atoms with Gasteiger partial charge in [-0.25, -0.2) is 4.39 Å². The molecule has 0 aliphatic heterocycles. The number of carbonyl (C=O) groups excluding carboxylic acids is 1. The SMILES string of the molecule is NCC(=O)c1c(Br)cc(O)c(O)c1F. The Bertz CT molecular complexity index is 395. The summed E-state index contributed by atoms with van der Waals surface area (Å²) in [5.41, 5.74) is 4.69. The van der Waals surface area contributed by atoms with E-state index in [-0.39, 0.29) is 16.6 Å². The second kappa shape index (κ2) is 3.93. The molecule has 0 atom stereocenters. The first-order chi connectivity index (χ1) is 6.49. The number of benzene rings is 1. The van der Waals surface area contributed by atoms with Crippen LogP contribution < -0.4 is 5.73 Å². The van der Waals surface area contributed by atoms with E-state index < -0.39 is 23.1 Å². The lowest BCUT2D eigenvalue weighted by Crippen LogP contribution is -2.15. The van der Waals surface area contributed by atoms with Gasteiger partial charge in [0.05, 0.1) is 12.1 Å². The van der Waals surface area contributed by atoms with Gasteiger partial charge in [-0.1, -0.05) is 0 Å². The number of nitrogens with two attached hydrogens (primary N) is 1. The van der Waals surface area contributed by atoms with Gasteiger partial charge in [-0.05, 0) is 22.0 Å². The highest BCUT2D eigenvalue weighted by Gasteiger charge is 2.20. The molecule has 1 aromatic carbocycles. The van der Waals surface area contributed by atoms with Crippen molar-refractivity contribution < 1.29 is 19.4 Å². The number of halogens is 2.